The summed E-state index contributed by atoms with van der Waals surface area (Å²) in [4.78, 5) is 28.3. The van der Waals surface area contributed by atoms with Gasteiger partial charge in [-0.3, -0.25) is 9.63 Å². The highest BCUT2D eigenvalue weighted by Gasteiger charge is 2.38. The Kier molecular flexibility index (Phi) is 9.48. The first-order chi connectivity index (χ1) is 20.1. The highest BCUT2D eigenvalue weighted by molar-refractivity contribution is 6.02. The van der Waals surface area contributed by atoms with Crippen LogP contribution in [-0.4, -0.2) is 56.8 Å². The van der Waals surface area contributed by atoms with E-state index in [2.05, 4.69) is 32.5 Å². The van der Waals surface area contributed by atoms with E-state index in [-0.39, 0.29) is 30.2 Å². The molecule has 3 N–H and O–H groups in total. The van der Waals surface area contributed by atoms with E-state index in [1.807, 2.05) is 19.0 Å². The van der Waals surface area contributed by atoms with Crippen LogP contribution in [0.25, 0.3) is 0 Å². The van der Waals surface area contributed by atoms with E-state index in [0.29, 0.717) is 42.0 Å². The predicted molar refractivity (Wildman–Crippen MR) is 152 cm³/mol. The Balaban J connectivity index is 1.66. The number of amides is 1. The number of nitrogens with one attached hydrogen (secondary N) is 3. The summed E-state index contributed by atoms with van der Waals surface area (Å²) < 4.78 is 60.6. The van der Waals surface area contributed by atoms with Crippen molar-refractivity contribution in [2.75, 3.05) is 61.5 Å². The Morgan fingerprint density at radius 2 is 2.05 bits per heavy atom. The normalized spacial score (nSPS) is 14.9. The fourth-order valence-electron chi connectivity index (χ4n) is 4.51. The van der Waals surface area contributed by atoms with Gasteiger partial charge >= 0.3 is 6.18 Å². The fraction of sp³-hybridized carbons (Fsp3) is 0.321. The molecule has 1 aliphatic heterocycles. The maximum Gasteiger partial charge on any atom is 0.419 e. The Morgan fingerprint density at radius 1 is 1.26 bits per heavy atom. The molecule has 1 aliphatic rings. The van der Waals surface area contributed by atoms with Crippen molar-refractivity contribution < 1.29 is 31.9 Å². The number of hydrogen-bond donors (Lipinski definition) is 3. The van der Waals surface area contributed by atoms with Crippen LogP contribution in [0.1, 0.15) is 23.6 Å². The van der Waals surface area contributed by atoms with Gasteiger partial charge in [-0.25, -0.2) is 19.4 Å². The Hall–Kier alpha value is -4.43. The molecule has 0 aliphatic carbocycles. The van der Waals surface area contributed by atoms with Crippen molar-refractivity contribution >= 4 is 34.6 Å². The summed E-state index contributed by atoms with van der Waals surface area (Å²) in [5, 5.41) is 10.3. The molecule has 10 nitrogen and oxygen atoms in total. The van der Waals surface area contributed by atoms with Crippen LogP contribution in [0, 0.1) is 5.82 Å². The second kappa shape index (κ2) is 13.0. The molecule has 1 atom stereocenters. The lowest BCUT2D eigenvalue weighted by molar-refractivity contribution is -0.140. The van der Waals surface area contributed by atoms with E-state index in [9.17, 15) is 22.4 Å². The van der Waals surface area contributed by atoms with Gasteiger partial charge in [-0.2, -0.15) is 13.2 Å². The largest absolute Gasteiger partial charge is 0.494 e. The number of rotatable bonds is 11. The van der Waals surface area contributed by atoms with E-state index >= 15 is 0 Å². The Morgan fingerprint density at radius 3 is 2.74 bits per heavy atom. The molecule has 0 saturated carbocycles. The molecule has 42 heavy (non-hydrogen) atoms. The van der Waals surface area contributed by atoms with Crippen LogP contribution in [0.3, 0.4) is 0 Å². The third-order valence-corrected chi connectivity index (χ3v) is 6.61. The van der Waals surface area contributed by atoms with Gasteiger partial charge in [0.25, 0.3) is 0 Å². The molecule has 0 radical (unpaired) electrons. The molecule has 3 aromatic rings. The number of carbonyl (C=O) groups is 1. The van der Waals surface area contributed by atoms with Crippen molar-refractivity contribution in [3.63, 3.8) is 0 Å². The molecular weight excluding hydrogens is 558 g/mol. The summed E-state index contributed by atoms with van der Waals surface area (Å²) in [6, 6.07) is 7.27. The number of halogens is 4. The molecule has 1 amide bonds. The number of hydroxylamine groups is 1. The SMILES string of the molecule is C=CC(=O)Nc1cc(Nc2cc(N3OCCC3c3cccc(C(F)(F)F)c3F)ncn2)c(OC)cc1N(C)CCNC. The first-order valence-corrected chi connectivity index (χ1v) is 12.9. The van der Waals surface area contributed by atoms with Crippen LogP contribution in [0.5, 0.6) is 5.75 Å². The number of carbonyl (C=O) groups excluding carboxylic acids is 1. The fourth-order valence-corrected chi connectivity index (χ4v) is 4.51. The van der Waals surface area contributed by atoms with Gasteiger partial charge in [0, 0.05) is 44.3 Å². The number of ether oxygens (including phenoxy) is 1. The second-order valence-electron chi connectivity index (χ2n) is 9.34. The molecule has 4 rings (SSSR count). The van der Waals surface area contributed by atoms with Gasteiger partial charge in [-0.1, -0.05) is 18.7 Å². The summed E-state index contributed by atoms with van der Waals surface area (Å²) in [5.74, 6) is -0.822. The van der Waals surface area contributed by atoms with Crippen molar-refractivity contribution in [3.8, 4) is 5.75 Å². The van der Waals surface area contributed by atoms with Crippen LogP contribution in [0.15, 0.2) is 55.4 Å². The summed E-state index contributed by atoms with van der Waals surface area (Å²) in [5.41, 5.74) is 0.137. The van der Waals surface area contributed by atoms with E-state index < -0.39 is 29.5 Å². The molecule has 1 aromatic heterocycles. The zero-order valence-corrected chi connectivity index (χ0v) is 23.3. The van der Waals surface area contributed by atoms with Gasteiger partial charge in [0.15, 0.2) is 5.82 Å². The molecule has 0 spiro atoms. The van der Waals surface area contributed by atoms with Crippen LogP contribution in [0.4, 0.5) is 46.3 Å². The molecule has 1 saturated heterocycles. The van der Waals surface area contributed by atoms with Gasteiger partial charge in [-0.15, -0.1) is 0 Å². The van der Waals surface area contributed by atoms with Gasteiger partial charge in [0.1, 0.15) is 23.7 Å². The zero-order chi connectivity index (χ0) is 30.4. The number of alkyl halides is 3. The topological polar surface area (TPSA) is 104 Å². The molecule has 1 unspecified atom stereocenters. The maximum absolute atomic E-state index is 15.0. The summed E-state index contributed by atoms with van der Waals surface area (Å²) in [7, 11) is 5.21. The third-order valence-electron chi connectivity index (χ3n) is 6.61. The number of hydrogen-bond acceptors (Lipinski definition) is 9. The highest BCUT2D eigenvalue weighted by atomic mass is 19.4. The minimum atomic E-state index is -4.84. The zero-order valence-electron chi connectivity index (χ0n) is 23.3. The monoisotopic (exact) mass is 589 g/mol. The van der Waals surface area contributed by atoms with Crippen molar-refractivity contribution in [2.24, 2.45) is 0 Å². The first kappa shape index (κ1) is 30.5. The smallest absolute Gasteiger partial charge is 0.419 e. The quantitative estimate of drug-likeness (QED) is 0.209. The molecule has 2 heterocycles. The molecule has 224 valence electrons. The average molecular weight is 590 g/mol. The van der Waals surface area contributed by atoms with E-state index in [1.54, 1.807) is 12.1 Å². The van der Waals surface area contributed by atoms with Crippen molar-refractivity contribution in [1.82, 2.24) is 15.3 Å². The number of benzene rings is 2. The molecule has 2 aromatic carbocycles. The lowest BCUT2D eigenvalue weighted by Gasteiger charge is -2.26. The van der Waals surface area contributed by atoms with Gasteiger partial charge in [0.2, 0.25) is 5.91 Å². The summed E-state index contributed by atoms with van der Waals surface area (Å²) in [6.45, 7) is 5.00. The average Bonchev–Trinajstić information content (AvgIpc) is 3.45. The maximum atomic E-state index is 15.0. The van der Waals surface area contributed by atoms with Crippen LogP contribution < -0.4 is 30.7 Å². The lowest BCUT2D eigenvalue weighted by Crippen LogP contribution is -2.28. The molecule has 14 heteroatoms. The summed E-state index contributed by atoms with van der Waals surface area (Å²) in [6.07, 6.45) is -2.19. The number of nitrogens with zero attached hydrogens (tertiary/aromatic N) is 4. The number of methoxy groups -OCH3 is 1. The second-order valence-corrected chi connectivity index (χ2v) is 9.34. The number of aromatic nitrogens is 2. The van der Waals surface area contributed by atoms with Crippen LogP contribution >= 0.6 is 0 Å². The third kappa shape index (κ3) is 6.71. The van der Waals surface area contributed by atoms with Gasteiger partial charge < -0.3 is 25.6 Å². The van der Waals surface area contributed by atoms with Gasteiger partial charge in [-0.05, 0) is 25.3 Å². The van der Waals surface area contributed by atoms with E-state index in [1.165, 1.54) is 36.7 Å². The molecular formula is C28H31F4N7O3. The molecule has 1 fully saturated rings. The van der Waals surface area contributed by atoms with Gasteiger partial charge in [0.05, 0.1) is 42.4 Å². The lowest BCUT2D eigenvalue weighted by atomic mass is 10.0. The Labute approximate surface area is 240 Å². The number of anilines is 5. The number of likely N-dealkylation sites (N-methyl/N-ethyl adjacent to an activating group) is 2. The first-order valence-electron chi connectivity index (χ1n) is 12.9. The van der Waals surface area contributed by atoms with Crippen molar-refractivity contribution in [1.29, 1.82) is 0 Å². The molecule has 0 bridgehead atoms. The highest BCUT2D eigenvalue weighted by Crippen LogP contribution is 2.41. The minimum Gasteiger partial charge on any atom is -0.494 e. The van der Waals surface area contributed by atoms with Crippen LogP contribution in [0.2, 0.25) is 0 Å². The van der Waals surface area contributed by atoms with E-state index in [4.69, 9.17) is 9.57 Å². The van der Waals surface area contributed by atoms with Crippen LogP contribution in [-0.2, 0) is 15.8 Å². The summed E-state index contributed by atoms with van der Waals surface area (Å²) >= 11 is 0. The Bertz CT molecular complexity index is 1440. The van der Waals surface area contributed by atoms with E-state index in [0.717, 1.165) is 6.08 Å². The van der Waals surface area contributed by atoms with Crippen molar-refractivity contribution in [2.45, 2.75) is 18.6 Å². The van der Waals surface area contributed by atoms with Crippen molar-refractivity contribution in [3.05, 3.63) is 72.3 Å². The minimum absolute atomic E-state index is 0.149. The predicted octanol–water partition coefficient (Wildman–Crippen LogP) is 5.05. The standard InChI is InChI=1S/C28H31F4N7O3/c1-5-26(40)37-19-13-20(23(41-4)14-22(19)38(3)11-10-33-2)36-24-15-25(35-16-34-24)39-21(9-12-42-39)17-7-6-8-18(27(17)29)28(30,31)32/h5-8,13-16,21,33H,1,9-12H2,2-4H3,(H,37,40)(H,34,35,36).